The second-order valence-electron chi connectivity index (χ2n) is 6.48. The van der Waals surface area contributed by atoms with Crippen LogP contribution in [-0.2, 0) is 22.9 Å². The summed E-state index contributed by atoms with van der Waals surface area (Å²) in [7, 11) is -3.43. The molecule has 0 spiro atoms. The zero-order chi connectivity index (χ0) is 17.8. The van der Waals surface area contributed by atoms with E-state index in [0.717, 1.165) is 22.5 Å². The molecule has 6 rings (SSSR count). The van der Waals surface area contributed by atoms with Crippen molar-refractivity contribution in [1.29, 1.82) is 0 Å². The van der Waals surface area contributed by atoms with Gasteiger partial charge in [-0.3, -0.25) is 18.4 Å². The lowest BCUT2D eigenvalue weighted by Crippen LogP contribution is -2.52. The summed E-state index contributed by atoms with van der Waals surface area (Å²) in [6.45, 7) is 0.0682. The number of phosphoric ester groups is 1. The van der Waals surface area contributed by atoms with Crippen molar-refractivity contribution in [2.75, 3.05) is 25.1 Å². The van der Waals surface area contributed by atoms with Gasteiger partial charge in [-0.25, -0.2) is 4.57 Å². The molecular weight excluding hydrogens is 357 g/mol. The molecule has 4 heterocycles. The molecule has 0 unspecified atom stereocenters. The van der Waals surface area contributed by atoms with E-state index in [1.165, 1.54) is 0 Å². The van der Waals surface area contributed by atoms with Gasteiger partial charge in [0.25, 0.3) is 0 Å². The molecule has 2 aromatic carbocycles. The molecule has 4 bridgehead atoms. The van der Waals surface area contributed by atoms with E-state index in [0.29, 0.717) is 5.69 Å². The van der Waals surface area contributed by atoms with Gasteiger partial charge in [0.2, 0.25) is 5.91 Å². The normalized spacial score (nSPS) is 28.3. The number of rotatable bonds is 3. The van der Waals surface area contributed by atoms with E-state index in [1.54, 1.807) is 0 Å². The largest absolute Gasteiger partial charge is 0.474 e. The molecule has 4 aliphatic rings. The summed E-state index contributed by atoms with van der Waals surface area (Å²) in [5, 5.41) is 11.0. The van der Waals surface area contributed by atoms with Crippen molar-refractivity contribution in [3.63, 3.8) is 0 Å². The Morgan fingerprint density at radius 1 is 1.00 bits per heavy atom. The zero-order valence-electron chi connectivity index (χ0n) is 13.5. The Bertz CT molecular complexity index is 957. The number of carbonyl (C=O) groups is 1. The zero-order valence-corrected chi connectivity index (χ0v) is 14.4. The Labute approximate surface area is 148 Å². The number of azo groups is 1. The minimum atomic E-state index is -3.43. The smallest absolute Gasteiger partial charge is 0.325 e. The van der Waals surface area contributed by atoms with Crippen molar-refractivity contribution in [1.82, 2.24) is 0 Å². The van der Waals surface area contributed by atoms with Crippen LogP contribution in [0.4, 0.5) is 17.1 Å². The Morgan fingerprint density at radius 2 is 1.69 bits per heavy atom. The summed E-state index contributed by atoms with van der Waals surface area (Å²) in [4.78, 5) is 12.6. The Kier molecular flexibility index (Phi) is 3.39. The molecule has 1 N–H and O–H groups in total. The molecule has 1 amide bonds. The summed E-state index contributed by atoms with van der Waals surface area (Å²) >= 11 is 0. The fraction of sp³-hybridized carbons (Fsp3) is 0.235. The van der Waals surface area contributed by atoms with Crippen molar-refractivity contribution < 1.29 is 22.9 Å². The Morgan fingerprint density at radius 3 is 2.38 bits per heavy atom. The molecule has 0 atom stereocenters. The number of hydrogen-bond acceptors (Lipinski definition) is 7. The molecule has 26 heavy (non-hydrogen) atoms. The quantitative estimate of drug-likeness (QED) is 0.696. The van der Waals surface area contributed by atoms with Crippen LogP contribution in [0.25, 0.3) is 11.1 Å². The molecule has 3 fully saturated rings. The molecule has 2 aromatic rings. The Hall–Kier alpha value is -2.38. The average molecular weight is 371 g/mol. The highest BCUT2D eigenvalue weighted by molar-refractivity contribution is 7.48. The van der Waals surface area contributed by atoms with Crippen molar-refractivity contribution in [3.05, 3.63) is 42.5 Å². The van der Waals surface area contributed by atoms with Crippen LogP contribution in [-0.4, -0.2) is 25.7 Å². The number of fused-ring (bicyclic) bond motifs is 5. The van der Waals surface area contributed by atoms with E-state index in [1.807, 2.05) is 42.5 Å². The molecule has 3 saturated heterocycles. The predicted octanol–water partition coefficient (Wildman–Crippen LogP) is 4.19. The maximum atomic E-state index is 12.6. The number of benzene rings is 2. The van der Waals surface area contributed by atoms with E-state index in [4.69, 9.17) is 13.6 Å². The van der Waals surface area contributed by atoms with Crippen molar-refractivity contribution in [3.8, 4) is 11.1 Å². The SMILES string of the molecule is O=C(Nc1ccc(-c2ccc3cc2N=N3)cc1)C12COP(=O)(OC1)OC2. The second-order valence-corrected chi connectivity index (χ2v) is 8.15. The molecule has 0 aromatic heterocycles. The summed E-state index contributed by atoms with van der Waals surface area (Å²) in [5.74, 6) is -0.284. The third-order valence-electron chi connectivity index (χ3n) is 4.69. The van der Waals surface area contributed by atoms with Crippen LogP contribution in [0.2, 0.25) is 0 Å². The molecule has 0 radical (unpaired) electrons. The van der Waals surface area contributed by atoms with Crippen LogP contribution < -0.4 is 5.32 Å². The van der Waals surface area contributed by atoms with Gasteiger partial charge in [0, 0.05) is 11.3 Å². The predicted molar refractivity (Wildman–Crippen MR) is 92.6 cm³/mol. The number of nitrogens with one attached hydrogen (secondary N) is 1. The summed E-state index contributed by atoms with van der Waals surface area (Å²) in [6.07, 6.45) is 0. The Balaban J connectivity index is 1.33. The monoisotopic (exact) mass is 371 g/mol. The van der Waals surface area contributed by atoms with Gasteiger partial charge in [0.1, 0.15) is 5.41 Å². The number of amides is 1. The van der Waals surface area contributed by atoms with Crippen molar-refractivity contribution >= 4 is 30.8 Å². The third kappa shape index (κ3) is 2.50. The highest BCUT2D eigenvalue weighted by Gasteiger charge is 2.54. The van der Waals surface area contributed by atoms with E-state index in [9.17, 15) is 9.36 Å². The number of hydrogen-bond donors (Lipinski definition) is 1. The lowest BCUT2D eigenvalue weighted by Gasteiger charge is -2.42. The number of phosphoric acid groups is 1. The lowest BCUT2D eigenvalue weighted by atomic mass is 9.90. The number of carbonyl (C=O) groups excluding carboxylic acids is 1. The number of anilines is 1. The van der Waals surface area contributed by atoms with Gasteiger partial charge in [-0.05, 0) is 35.9 Å². The van der Waals surface area contributed by atoms with E-state index in [-0.39, 0.29) is 25.7 Å². The molecule has 8 nitrogen and oxygen atoms in total. The van der Waals surface area contributed by atoms with Gasteiger partial charge < -0.3 is 5.32 Å². The highest BCUT2D eigenvalue weighted by Crippen LogP contribution is 2.60. The first-order valence-corrected chi connectivity index (χ1v) is 9.53. The summed E-state index contributed by atoms with van der Waals surface area (Å²) < 4.78 is 27.0. The van der Waals surface area contributed by atoms with Crippen LogP contribution in [0, 0.1) is 5.41 Å². The van der Waals surface area contributed by atoms with Crippen LogP contribution in [0.5, 0.6) is 0 Å². The van der Waals surface area contributed by atoms with E-state index >= 15 is 0 Å². The lowest BCUT2D eigenvalue weighted by molar-refractivity contribution is -0.146. The molecule has 0 aliphatic carbocycles. The van der Waals surface area contributed by atoms with E-state index < -0.39 is 13.2 Å². The topological polar surface area (TPSA) is 98.6 Å². The van der Waals surface area contributed by atoms with Crippen molar-refractivity contribution in [2.45, 2.75) is 0 Å². The first kappa shape index (κ1) is 15.8. The van der Waals surface area contributed by atoms with Gasteiger partial charge in [-0.2, -0.15) is 5.11 Å². The standard InChI is InChI=1S/C17H14N3O5P/c21-16(17-8-23-26(22,24-9-17)25-10-17)18-12-3-1-11(2-4-12)14-6-5-13-7-15(14)20-19-13/h1-7H,8-10H2,(H,18,21). The molecule has 9 heteroatoms. The fourth-order valence-corrected chi connectivity index (χ4v) is 4.50. The molecule has 0 saturated carbocycles. The maximum Gasteiger partial charge on any atom is 0.474 e. The first-order chi connectivity index (χ1) is 12.6. The third-order valence-corrected chi connectivity index (χ3v) is 6.02. The minimum Gasteiger partial charge on any atom is -0.325 e. The summed E-state index contributed by atoms with van der Waals surface area (Å²) in [5.41, 5.74) is 3.31. The highest BCUT2D eigenvalue weighted by atomic mass is 31.2. The van der Waals surface area contributed by atoms with Crippen molar-refractivity contribution in [2.24, 2.45) is 15.6 Å². The molecule has 4 aliphatic heterocycles. The van der Waals surface area contributed by atoms with Gasteiger partial charge in [0.05, 0.1) is 31.2 Å². The van der Waals surface area contributed by atoms with Gasteiger partial charge in [-0.1, -0.05) is 12.1 Å². The maximum absolute atomic E-state index is 12.6. The molecular formula is C17H14N3O5P. The first-order valence-electron chi connectivity index (χ1n) is 8.07. The summed E-state index contributed by atoms with van der Waals surface area (Å²) in [6, 6.07) is 13.3. The average Bonchev–Trinajstić information content (AvgIpc) is 3.04. The second kappa shape index (κ2) is 5.56. The van der Waals surface area contributed by atoms with Crippen LogP contribution in [0.1, 0.15) is 0 Å². The van der Waals surface area contributed by atoms with Gasteiger partial charge >= 0.3 is 7.82 Å². The van der Waals surface area contributed by atoms with Gasteiger partial charge in [-0.15, -0.1) is 5.11 Å². The van der Waals surface area contributed by atoms with Crippen LogP contribution in [0.15, 0.2) is 52.7 Å². The molecule has 132 valence electrons. The van der Waals surface area contributed by atoms with E-state index in [2.05, 4.69) is 15.5 Å². The van der Waals surface area contributed by atoms with Gasteiger partial charge in [0.15, 0.2) is 0 Å². The number of nitrogens with zero attached hydrogens (tertiary/aromatic N) is 2. The van der Waals surface area contributed by atoms with Crippen LogP contribution in [0.3, 0.4) is 0 Å². The fourth-order valence-electron chi connectivity index (χ4n) is 3.06. The van der Waals surface area contributed by atoms with Crippen LogP contribution >= 0.6 is 7.82 Å². The minimum absolute atomic E-state index is 0.0227.